The highest BCUT2D eigenvalue weighted by Crippen LogP contribution is 2.56. The Hall–Kier alpha value is -1.06. The molecule has 1 saturated heterocycles. The number of carbonyl (C=O) groups is 2. The van der Waals surface area contributed by atoms with E-state index in [1.807, 2.05) is 0 Å². The fourth-order valence-electron chi connectivity index (χ4n) is 6.14. The minimum absolute atomic E-state index is 0.00792. The van der Waals surface area contributed by atoms with E-state index in [1.165, 1.54) is 12.8 Å². The van der Waals surface area contributed by atoms with E-state index < -0.39 is 0 Å². The van der Waals surface area contributed by atoms with Gasteiger partial charge in [0.15, 0.2) is 0 Å². The van der Waals surface area contributed by atoms with E-state index >= 15 is 0 Å². The zero-order chi connectivity index (χ0) is 14.3. The van der Waals surface area contributed by atoms with Gasteiger partial charge in [0, 0.05) is 11.8 Å². The van der Waals surface area contributed by atoms with Crippen LogP contribution in [0.25, 0.3) is 0 Å². The molecule has 0 aromatic carbocycles. The van der Waals surface area contributed by atoms with Crippen molar-refractivity contribution < 1.29 is 19.1 Å². The van der Waals surface area contributed by atoms with Crippen molar-refractivity contribution in [3.8, 4) is 0 Å². The third-order valence-corrected chi connectivity index (χ3v) is 7.18. The fraction of sp³-hybridized carbons (Fsp3) is 0.882. The lowest BCUT2D eigenvalue weighted by Gasteiger charge is -2.29. The summed E-state index contributed by atoms with van der Waals surface area (Å²) in [5, 5.41) is 0. The van der Waals surface area contributed by atoms with Crippen molar-refractivity contribution in [2.45, 2.75) is 51.2 Å². The van der Waals surface area contributed by atoms with Crippen LogP contribution in [0, 0.1) is 41.4 Å². The lowest BCUT2D eigenvalue weighted by Crippen LogP contribution is -2.38. The van der Waals surface area contributed by atoms with Gasteiger partial charge in [-0.05, 0) is 49.9 Å². The molecule has 114 valence electrons. The molecule has 5 rings (SSSR count). The molecule has 5 aliphatic rings. The second-order valence-corrected chi connectivity index (χ2v) is 8.12. The zero-order valence-corrected chi connectivity index (χ0v) is 12.4. The number of hydrogen-bond donors (Lipinski definition) is 0. The summed E-state index contributed by atoms with van der Waals surface area (Å²) in [4.78, 5) is 24.3. The molecule has 0 aromatic heterocycles. The van der Waals surface area contributed by atoms with Crippen molar-refractivity contribution in [1.29, 1.82) is 0 Å². The molecule has 9 atom stereocenters. The summed E-state index contributed by atoms with van der Waals surface area (Å²) in [7, 11) is 0. The predicted molar refractivity (Wildman–Crippen MR) is 72.9 cm³/mol. The lowest BCUT2D eigenvalue weighted by molar-refractivity contribution is -0.167. The van der Waals surface area contributed by atoms with Crippen molar-refractivity contribution >= 4 is 11.9 Å². The molecule has 4 heteroatoms. The first-order valence-electron chi connectivity index (χ1n) is 8.53. The molecule has 0 radical (unpaired) electrons. The molecule has 0 aromatic rings. The van der Waals surface area contributed by atoms with Crippen LogP contribution in [0.1, 0.15) is 39.0 Å². The van der Waals surface area contributed by atoms with E-state index in [4.69, 9.17) is 9.47 Å². The van der Waals surface area contributed by atoms with Crippen LogP contribution in [-0.2, 0) is 19.1 Å². The Morgan fingerprint density at radius 2 is 1.95 bits per heavy atom. The number of ether oxygens (including phenoxy) is 2. The summed E-state index contributed by atoms with van der Waals surface area (Å²) in [6.45, 7) is 2.31. The molecule has 5 fully saturated rings. The monoisotopic (exact) mass is 290 g/mol. The van der Waals surface area contributed by atoms with Gasteiger partial charge in [0.25, 0.3) is 0 Å². The van der Waals surface area contributed by atoms with Crippen LogP contribution in [0.2, 0.25) is 0 Å². The maximum Gasteiger partial charge on any atom is 0.309 e. The van der Waals surface area contributed by atoms with Gasteiger partial charge in [-0.15, -0.1) is 0 Å². The first-order chi connectivity index (χ1) is 10.1. The molecule has 4 aliphatic carbocycles. The summed E-state index contributed by atoms with van der Waals surface area (Å²) >= 11 is 0. The number of fused-ring (bicyclic) bond motifs is 3. The van der Waals surface area contributed by atoms with Gasteiger partial charge >= 0.3 is 11.9 Å². The van der Waals surface area contributed by atoms with E-state index in [1.54, 1.807) is 0 Å². The standard InChI is InChI=1S/C17H22O4/c1-7-2-9-3-8(7)4-11(9)16(18)20-14-10-5-12-13(6-10)17(19)21-15(12)14/h7-15H,2-6H2,1H3. The van der Waals surface area contributed by atoms with Crippen LogP contribution in [0.5, 0.6) is 0 Å². The Bertz CT molecular complexity index is 513. The first-order valence-corrected chi connectivity index (χ1v) is 8.53. The number of rotatable bonds is 2. The van der Waals surface area contributed by atoms with Crippen LogP contribution in [-0.4, -0.2) is 24.1 Å². The Balaban J connectivity index is 1.29. The van der Waals surface area contributed by atoms with Crippen LogP contribution < -0.4 is 0 Å². The molecule has 21 heavy (non-hydrogen) atoms. The molecule has 0 N–H and O–H groups in total. The van der Waals surface area contributed by atoms with Gasteiger partial charge in [-0.3, -0.25) is 9.59 Å². The smallest absolute Gasteiger partial charge is 0.309 e. The Morgan fingerprint density at radius 1 is 1.10 bits per heavy atom. The van der Waals surface area contributed by atoms with Crippen LogP contribution >= 0.6 is 0 Å². The Morgan fingerprint density at radius 3 is 2.67 bits per heavy atom. The second kappa shape index (κ2) is 4.02. The number of carbonyl (C=O) groups excluding carboxylic acids is 2. The minimum Gasteiger partial charge on any atom is -0.458 e. The largest absolute Gasteiger partial charge is 0.458 e. The van der Waals surface area contributed by atoms with E-state index in [-0.39, 0.29) is 36.0 Å². The SMILES string of the molecule is CC1CC2CC1CC2C(=O)OC1C2CC3C(=O)OC1C3C2. The maximum absolute atomic E-state index is 12.6. The van der Waals surface area contributed by atoms with E-state index in [9.17, 15) is 9.59 Å². The predicted octanol–water partition coefficient (Wildman–Crippen LogP) is 2.16. The van der Waals surface area contributed by atoms with Crippen molar-refractivity contribution in [1.82, 2.24) is 0 Å². The summed E-state index contributed by atoms with van der Waals surface area (Å²) in [5.74, 6) is 2.86. The second-order valence-electron chi connectivity index (χ2n) is 8.12. The van der Waals surface area contributed by atoms with Gasteiger partial charge in [0.05, 0.1) is 11.8 Å². The van der Waals surface area contributed by atoms with E-state index in [0.717, 1.165) is 31.1 Å². The molecular weight excluding hydrogens is 268 g/mol. The van der Waals surface area contributed by atoms with Gasteiger partial charge < -0.3 is 9.47 Å². The van der Waals surface area contributed by atoms with Crippen molar-refractivity contribution in [3.05, 3.63) is 0 Å². The fourth-order valence-corrected chi connectivity index (χ4v) is 6.14. The third-order valence-electron chi connectivity index (χ3n) is 7.18. The van der Waals surface area contributed by atoms with Crippen LogP contribution in [0.3, 0.4) is 0 Å². The molecular formula is C17H22O4. The number of esters is 2. The quantitative estimate of drug-likeness (QED) is 0.731. The van der Waals surface area contributed by atoms with Crippen molar-refractivity contribution in [2.24, 2.45) is 41.4 Å². The molecule has 0 spiro atoms. The molecule has 1 heterocycles. The maximum atomic E-state index is 12.6. The summed E-state index contributed by atoms with van der Waals surface area (Å²) < 4.78 is 11.4. The normalized spacial score (nSPS) is 56.0. The highest BCUT2D eigenvalue weighted by Gasteiger charge is 2.63. The molecule has 4 nitrogen and oxygen atoms in total. The number of hydrogen-bond acceptors (Lipinski definition) is 4. The molecule has 9 unspecified atom stereocenters. The molecule has 4 bridgehead atoms. The van der Waals surface area contributed by atoms with Crippen LogP contribution in [0.4, 0.5) is 0 Å². The molecule has 4 saturated carbocycles. The van der Waals surface area contributed by atoms with Crippen LogP contribution in [0.15, 0.2) is 0 Å². The first kappa shape index (κ1) is 12.5. The van der Waals surface area contributed by atoms with Crippen molar-refractivity contribution in [3.63, 3.8) is 0 Å². The molecule has 1 aliphatic heterocycles. The summed E-state index contributed by atoms with van der Waals surface area (Å²) in [5.41, 5.74) is 0. The van der Waals surface area contributed by atoms with E-state index in [2.05, 4.69) is 6.92 Å². The summed E-state index contributed by atoms with van der Waals surface area (Å²) in [6, 6.07) is 0. The van der Waals surface area contributed by atoms with Gasteiger partial charge in [0.1, 0.15) is 12.2 Å². The van der Waals surface area contributed by atoms with E-state index in [0.29, 0.717) is 17.8 Å². The third kappa shape index (κ3) is 1.56. The minimum atomic E-state index is -0.151. The highest BCUT2D eigenvalue weighted by molar-refractivity contribution is 5.77. The van der Waals surface area contributed by atoms with Gasteiger partial charge in [-0.2, -0.15) is 0 Å². The lowest BCUT2D eigenvalue weighted by atomic mass is 9.83. The van der Waals surface area contributed by atoms with Crippen molar-refractivity contribution in [2.75, 3.05) is 0 Å². The Kier molecular flexibility index (Phi) is 2.39. The van der Waals surface area contributed by atoms with Gasteiger partial charge in [-0.1, -0.05) is 6.92 Å². The van der Waals surface area contributed by atoms with Gasteiger partial charge in [-0.25, -0.2) is 0 Å². The summed E-state index contributed by atoms with van der Waals surface area (Å²) in [6.07, 6.45) is 4.99. The highest BCUT2D eigenvalue weighted by atomic mass is 16.6. The molecule has 0 amide bonds. The van der Waals surface area contributed by atoms with Gasteiger partial charge in [0.2, 0.25) is 0 Å². The average Bonchev–Trinajstić information content (AvgIpc) is 3.18. The zero-order valence-electron chi connectivity index (χ0n) is 12.4. The topological polar surface area (TPSA) is 52.6 Å². The Labute approximate surface area is 124 Å². The average molecular weight is 290 g/mol.